The topological polar surface area (TPSA) is 55.1 Å². The van der Waals surface area contributed by atoms with Gasteiger partial charge in [-0.3, -0.25) is 0 Å². The molecule has 0 aliphatic heterocycles. The fourth-order valence-corrected chi connectivity index (χ4v) is 3.48. The van der Waals surface area contributed by atoms with Crippen molar-refractivity contribution in [3.8, 4) is 5.69 Å². The first-order valence-corrected chi connectivity index (χ1v) is 9.14. The van der Waals surface area contributed by atoms with Crippen molar-refractivity contribution < 1.29 is 9.90 Å². The number of rotatable bonds is 4. The van der Waals surface area contributed by atoms with E-state index in [1.165, 1.54) is 0 Å². The minimum atomic E-state index is -1.10. The molecule has 1 N–H and O–H groups in total. The zero-order chi connectivity index (χ0) is 19.7. The zero-order valence-corrected chi connectivity index (χ0v) is 16.8. The van der Waals surface area contributed by atoms with Crippen LogP contribution in [0.1, 0.15) is 34.2 Å². The molecule has 0 bridgehead atoms. The molecule has 0 saturated carbocycles. The average molecular weight is 422 g/mol. The van der Waals surface area contributed by atoms with Gasteiger partial charge in [0.1, 0.15) is 0 Å². The summed E-state index contributed by atoms with van der Waals surface area (Å²) in [5.74, 6) is -1.10. The van der Waals surface area contributed by atoms with Crippen LogP contribution in [0.5, 0.6) is 0 Å². The van der Waals surface area contributed by atoms with Gasteiger partial charge in [-0.2, -0.15) is 5.10 Å². The van der Waals surface area contributed by atoms with Crippen molar-refractivity contribution in [1.29, 1.82) is 0 Å². The number of aromatic nitrogens is 2. The summed E-state index contributed by atoms with van der Waals surface area (Å²) in [5.41, 5.74) is 3.50. The molecule has 0 amide bonds. The lowest BCUT2D eigenvalue weighted by Gasteiger charge is -2.11. The van der Waals surface area contributed by atoms with Crippen molar-refractivity contribution in [3.05, 3.63) is 80.0 Å². The van der Waals surface area contributed by atoms with Gasteiger partial charge in [-0.15, -0.1) is 0 Å². The Morgan fingerprint density at radius 1 is 1.07 bits per heavy atom. The Morgan fingerprint density at radius 2 is 1.70 bits per heavy atom. The molecule has 4 nitrogen and oxygen atoms in total. The highest BCUT2D eigenvalue weighted by atomic mass is 35.5. The number of benzene rings is 2. The second-order valence-corrected chi connectivity index (χ2v) is 7.29. The highest BCUT2D eigenvalue weighted by Gasteiger charge is 2.22. The van der Waals surface area contributed by atoms with Crippen LogP contribution in [0.25, 0.3) is 17.3 Å². The van der Waals surface area contributed by atoms with E-state index in [0.29, 0.717) is 32.0 Å². The lowest BCUT2D eigenvalue weighted by Crippen LogP contribution is -2.04. The van der Waals surface area contributed by atoms with Crippen molar-refractivity contribution in [2.75, 3.05) is 0 Å². The summed E-state index contributed by atoms with van der Waals surface area (Å²) in [5, 5.41) is 15.3. The number of carboxylic acids is 1. The maximum absolute atomic E-state index is 11.6. The van der Waals surface area contributed by atoms with Crippen LogP contribution in [0.2, 0.25) is 15.1 Å². The van der Waals surface area contributed by atoms with Crippen LogP contribution in [0.3, 0.4) is 0 Å². The Morgan fingerprint density at radius 3 is 2.30 bits per heavy atom. The zero-order valence-electron chi connectivity index (χ0n) is 14.5. The van der Waals surface area contributed by atoms with Crippen LogP contribution in [0.15, 0.2) is 42.5 Å². The number of hydrogen-bond acceptors (Lipinski definition) is 2. The fourth-order valence-electron chi connectivity index (χ4n) is 2.87. The van der Waals surface area contributed by atoms with E-state index in [-0.39, 0.29) is 5.69 Å². The monoisotopic (exact) mass is 420 g/mol. The van der Waals surface area contributed by atoms with Crippen LogP contribution in [0.4, 0.5) is 0 Å². The Kier molecular flexibility index (Phi) is 5.61. The maximum Gasteiger partial charge on any atom is 0.356 e. The molecule has 2 aromatic carbocycles. The van der Waals surface area contributed by atoms with Crippen LogP contribution < -0.4 is 0 Å². The number of allylic oxidation sites excluding steroid dienone is 1. The minimum absolute atomic E-state index is 0.0279. The van der Waals surface area contributed by atoms with E-state index in [9.17, 15) is 9.90 Å². The highest BCUT2D eigenvalue weighted by Crippen LogP contribution is 2.31. The summed E-state index contributed by atoms with van der Waals surface area (Å²) in [7, 11) is 0. The summed E-state index contributed by atoms with van der Waals surface area (Å²) in [6, 6.07) is 12.3. The second kappa shape index (κ2) is 7.77. The Bertz CT molecular complexity index is 1050. The SMILES string of the molecule is C/C(=C\c1ccc(Cl)cc1)c1c(C)c(C(=O)O)nn1-c1ccc(Cl)cc1Cl. The standard InChI is InChI=1S/C20H15Cl3N2O2/c1-11(9-13-3-5-14(21)6-4-13)19-12(2)18(20(26)27)24-25(19)17-8-7-15(22)10-16(17)23/h3-10H,1-2H3,(H,26,27)/b11-9+. The summed E-state index contributed by atoms with van der Waals surface area (Å²) in [6.07, 6.45) is 1.94. The third-order valence-corrected chi connectivity index (χ3v) is 4.88. The molecule has 3 rings (SSSR count). The van der Waals surface area contributed by atoms with Crippen LogP contribution in [-0.4, -0.2) is 20.9 Å². The number of hydrogen-bond donors (Lipinski definition) is 1. The van der Waals surface area contributed by atoms with Crippen molar-refractivity contribution in [2.24, 2.45) is 0 Å². The molecular formula is C20H15Cl3N2O2. The van der Waals surface area contributed by atoms with E-state index >= 15 is 0 Å². The lowest BCUT2D eigenvalue weighted by atomic mass is 10.0. The average Bonchev–Trinajstić information content (AvgIpc) is 2.94. The molecule has 138 valence electrons. The molecule has 0 radical (unpaired) electrons. The predicted molar refractivity (Wildman–Crippen MR) is 110 cm³/mol. The molecule has 0 aliphatic rings. The molecule has 0 saturated heterocycles. The summed E-state index contributed by atoms with van der Waals surface area (Å²) < 4.78 is 1.54. The van der Waals surface area contributed by atoms with Gasteiger partial charge in [0, 0.05) is 15.6 Å². The number of carboxylic acid groups (broad SMARTS) is 1. The van der Waals surface area contributed by atoms with Crippen molar-refractivity contribution in [2.45, 2.75) is 13.8 Å². The highest BCUT2D eigenvalue weighted by molar-refractivity contribution is 6.35. The van der Waals surface area contributed by atoms with Gasteiger partial charge in [0.25, 0.3) is 0 Å². The molecule has 1 heterocycles. The molecule has 3 aromatic rings. The molecular weight excluding hydrogens is 407 g/mol. The minimum Gasteiger partial charge on any atom is -0.476 e. The number of nitrogens with zero attached hydrogens (tertiary/aromatic N) is 2. The molecule has 7 heteroatoms. The van der Waals surface area contributed by atoms with Gasteiger partial charge in [-0.05, 0) is 61.4 Å². The van der Waals surface area contributed by atoms with E-state index in [0.717, 1.165) is 11.1 Å². The van der Waals surface area contributed by atoms with E-state index in [2.05, 4.69) is 5.10 Å². The van der Waals surface area contributed by atoms with E-state index in [1.807, 2.05) is 25.1 Å². The maximum atomic E-state index is 11.6. The third kappa shape index (κ3) is 4.03. The molecule has 1 aromatic heterocycles. The van der Waals surface area contributed by atoms with Gasteiger partial charge in [0.2, 0.25) is 0 Å². The largest absolute Gasteiger partial charge is 0.476 e. The lowest BCUT2D eigenvalue weighted by molar-refractivity contribution is 0.0689. The van der Waals surface area contributed by atoms with Crippen molar-refractivity contribution >= 4 is 52.4 Å². The predicted octanol–water partition coefficient (Wildman–Crippen LogP) is 6.40. The normalized spacial score (nSPS) is 11.7. The molecule has 0 atom stereocenters. The number of carbonyl (C=O) groups is 1. The Balaban J connectivity index is 2.21. The third-order valence-electron chi connectivity index (χ3n) is 4.09. The van der Waals surface area contributed by atoms with E-state index in [1.54, 1.807) is 41.9 Å². The molecule has 27 heavy (non-hydrogen) atoms. The number of aromatic carboxylic acids is 1. The van der Waals surface area contributed by atoms with Crippen LogP contribution in [0, 0.1) is 6.92 Å². The molecule has 0 aliphatic carbocycles. The Hall–Kier alpha value is -2.27. The fraction of sp³-hybridized carbons (Fsp3) is 0.100. The molecule has 0 fully saturated rings. The van der Waals surface area contributed by atoms with Crippen LogP contribution >= 0.6 is 34.8 Å². The van der Waals surface area contributed by atoms with Gasteiger partial charge < -0.3 is 5.11 Å². The molecule has 0 unspecified atom stereocenters. The van der Waals surface area contributed by atoms with Gasteiger partial charge in [-0.1, -0.05) is 46.9 Å². The summed E-state index contributed by atoms with van der Waals surface area (Å²) in [6.45, 7) is 3.62. The summed E-state index contributed by atoms with van der Waals surface area (Å²) in [4.78, 5) is 11.6. The van der Waals surface area contributed by atoms with Gasteiger partial charge >= 0.3 is 5.97 Å². The van der Waals surface area contributed by atoms with Gasteiger partial charge in [0.15, 0.2) is 5.69 Å². The first-order valence-electron chi connectivity index (χ1n) is 8.00. The van der Waals surface area contributed by atoms with Gasteiger partial charge in [-0.25, -0.2) is 9.48 Å². The first-order chi connectivity index (χ1) is 12.8. The smallest absolute Gasteiger partial charge is 0.356 e. The number of halogens is 3. The van der Waals surface area contributed by atoms with Crippen LogP contribution in [-0.2, 0) is 0 Å². The summed E-state index contributed by atoms with van der Waals surface area (Å²) >= 11 is 18.3. The van der Waals surface area contributed by atoms with Crippen molar-refractivity contribution in [1.82, 2.24) is 9.78 Å². The first kappa shape index (κ1) is 19.5. The van der Waals surface area contributed by atoms with E-state index in [4.69, 9.17) is 34.8 Å². The molecule has 0 spiro atoms. The quantitative estimate of drug-likeness (QED) is 0.530. The van der Waals surface area contributed by atoms with E-state index < -0.39 is 5.97 Å². The van der Waals surface area contributed by atoms with Crippen molar-refractivity contribution in [3.63, 3.8) is 0 Å². The van der Waals surface area contributed by atoms with Gasteiger partial charge in [0.05, 0.1) is 16.4 Å². The second-order valence-electron chi connectivity index (χ2n) is 6.01. The Labute approximate surface area is 171 Å².